The minimum Gasteiger partial charge on any atom is -0.504 e. The fraction of sp³-hybridized carbons (Fsp3) is 0.579. The molecule has 3 aromatic carbocycles. The first-order chi connectivity index (χ1) is 33.0. The lowest BCUT2D eigenvalue weighted by atomic mass is 9.50. The van der Waals surface area contributed by atoms with Gasteiger partial charge in [0.1, 0.15) is 11.2 Å². The van der Waals surface area contributed by atoms with Crippen LogP contribution < -0.4 is 26.4 Å². The molecule has 0 amide bonds. The van der Waals surface area contributed by atoms with Crippen molar-refractivity contribution in [2.45, 2.75) is 120 Å². The number of carbonyl (C=O) groups is 2. The van der Waals surface area contributed by atoms with Crippen molar-refractivity contribution in [3.05, 3.63) is 94.8 Å². The molecule has 11 heteroatoms. The Morgan fingerprint density at radius 2 is 1.84 bits per heavy atom. The van der Waals surface area contributed by atoms with Crippen molar-refractivity contribution in [2.75, 3.05) is 39.9 Å². The number of carbonyl (C=O) groups excluding carboxylic acids is 2. The number of methoxy groups -OCH3 is 1. The van der Waals surface area contributed by atoms with Gasteiger partial charge in [0.2, 0.25) is 0 Å². The van der Waals surface area contributed by atoms with Gasteiger partial charge in [-0.05, 0) is 177 Å². The smallest absolute Gasteiger partial charge is 0.160 e. The molecule has 13 atom stereocenters. The van der Waals surface area contributed by atoms with Crippen LogP contribution in [0.1, 0.15) is 112 Å². The Labute approximate surface area is 402 Å². The third kappa shape index (κ3) is 9.87. The molecule has 1 saturated heterocycles. The SMILES string of the molecule is CCNC[C@H]1C[C@H]2[C@@H](CN[C@H]3CC(=O)CC[C@H]23)[C@@H](CCO)[C@H]1[C@@H]1CC[C@@]2(C#C[C@H](CC[C@H](O)C[C@H](C3=CCNC(N)=C3)c3ccc4ccccc4c3)c3cc(O)c(OC)cc3CCC2=O)[C@H](O)C1. The van der Waals surface area contributed by atoms with Crippen molar-refractivity contribution in [3.63, 3.8) is 0 Å². The molecule has 1 spiro atoms. The highest BCUT2D eigenvalue weighted by atomic mass is 16.5. The summed E-state index contributed by atoms with van der Waals surface area (Å²) in [5.74, 6) is 10.1. The Kier molecular flexibility index (Phi) is 15.0. The zero-order chi connectivity index (χ0) is 47.5. The molecule has 68 heavy (non-hydrogen) atoms. The summed E-state index contributed by atoms with van der Waals surface area (Å²) in [6, 6.07) is 18.5. The van der Waals surface area contributed by atoms with Crippen molar-refractivity contribution in [3.8, 4) is 23.3 Å². The van der Waals surface area contributed by atoms with Crippen LogP contribution in [0.15, 0.2) is 78.1 Å². The van der Waals surface area contributed by atoms with E-state index >= 15 is 0 Å². The van der Waals surface area contributed by atoms with Gasteiger partial charge in [0.05, 0.1) is 25.1 Å². The summed E-state index contributed by atoms with van der Waals surface area (Å²) in [7, 11) is 1.52. The first kappa shape index (κ1) is 48.3. The number of piperidine rings is 1. The van der Waals surface area contributed by atoms with Crippen LogP contribution in [0.5, 0.6) is 11.5 Å². The monoisotopic (exact) mass is 927 g/mol. The third-order valence-corrected chi connectivity index (χ3v) is 17.5. The average Bonchev–Trinajstić information content (AvgIpc) is 3.39. The maximum atomic E-state index is 14.7. The number of aliphatic hydroxyl groups excluding tert-OH is 3. The molecule has 4 fully saturated rings. The molecule has 2 aliphatic heterocycles. The summed E-state index contributed by atoms with van der Waals surface area (Å²) < 4.78 is 5.56. The molecule has 0 unspecified atom stereocenters. The number of dihydropyridines is 1. The maximum absolute atomic E-state index is 14.7. The van der Waals surface area contributed by atoms with Crippen LogP contribution >= 0.6 is 0 Å². The van der Waals surface area contributed by atoms with Crippen LogP contribution in [0, 0.1) is 58.7 Å². The Morgan fingerprint density at radius 3 is 2.62 bits per heavy atom. The number of fused-ring (bicyclic) bond motifs is 5. The van der Waals surface area contributed by atoms with Gasteiger partial charge in [0.15, 0.2) is 17.3 Å². The van der Waals surface area contributed by atoms with Crippen molar-refractivity contribution in [2.24, 2.45) is 52.6 Å². The molecular weight excluding hydrogens is 853 g/mol. The van der Waals surface area contributed by atoms with Crippen LogP contribution in [0.3, 0.4) is 0 Å². The predicted octanol–water partition coefficient (Wildman–Crippen LogP) is 6.77. The number of ether oxygens (including phenoxy) is 1. The number of rotatable bonds is 14. The zero-order valence-electron chi connectivity index (χ0n) is 40.1. The van der Waals surface area contributed by atoms with Gasteiger partial charge >= 0.3 is 0 Å². The Hall–Kier alpha value is -4.70. The largest absolute Gasteiger partial charge is 0.504 e. The predicted molar refractivity (Wildman–Crippen MR) is 266 cm³/mol. The van der Waals surface area contributed by atoms with E-state index in [1.807, 2.05) is 24.3 Å². The van der Waals surface area contributed by atoms with Crippen LogP contribution in [0.2, 0.25) is 0 Å². The van der Waals surface area contributed by atoms with E-state index in [2.05, 4.69) is 71.1 Å². The number of aryl methyl sites for hydroxylation is 1. The molecule has 0 aromatic heterocycles. The number of allylic oxidation sites excluding steroid dienone is 2. The number of hydrogen-bond donors (Lipinski definition) is 8. The van der Waals surface area contributed by atoms with Gasteiger partial charge in [-0.1, -0.05) is 67.3 Å². The lowest BCUT2D eigenvalue weighted by Gasteiger charge is -2.58. The van der Waals surface area contributed by atoms with Gasteiger partial charge in [0.25, 0.3) is 0 Å². The van der Waals surface area contributed by atoms with Crippen LogP contribution in [-0.2, 0) is 16.0 Å². The number of phenolic OH excluding ortho intramolecular Hbond substituents is 1. The second-order valence-corrected chi connectivity index (χ2v) is 21.1. The molecule has 2 heterocycles. The quantitative estimate of drug-likeness (QED) is 0.0799. The number of benzene rings is 3. The minimum absolute atomic E-state index is 0.00190. The molecule has 4 aliphatic carbocycles. The van der Waals surface area contributed by atoms with E-state index in [0.717, 1.165) is 71.9 Å². The normalized spacial score (nSPS) is 32.4. The minimum atomic E-state index is -1.24. The number of Topliss-reactive ketones (excluding diaryl/α,β-unsaturated/α-hetero) is 2. The van der Waals surface area contributed by atoms with Gasteiger partial charge in [0, 0.05) is 50.3 Å². The second-order valence-electron chi connectivity index (χ2n) is 21.1. The number of phenols is 1. The van der Waals surface area contributed by atoms with E-state index in [-0.39, 0.29) is 54.3 Å². The number of ketones is 2. The van der Waals surface area contributed by atoms with Gasteiger partial charge in [-0.15, -0.1) is 0 Å². The van der Waals surface area contributed by atoms with E-state index in [1.165, 1.54) is 7.11 Å². The number of aromatic hydroxyl groups is 1. The lowest BCUT2D eigenvalue weighted by Crippen LogP contribution is -2.60. The van der Waals surface area contributed by atoms with Crippen LogP contribution in [-0.4, -0.2) is 90.1 Å². The molecule has 9 rings (SSSR count). The van der Waals surface area contributed by atoms with Crippen LogP contribution in [0.25, 0.3) is 10.8 Å². The first-order valence-corrected chi connectivity index (χ1v) is 25.8. The Balaban J connectivity index is 0.984. The summed E-state index contributed by atoms with van der Waals surface area (Å²) in [5.41, 5.74) is 8.89. The highest BCUT2D eigenvalue weighted by Crippen LogP contribution is 2.56. The molecule has 3 aromatic rings. The molecular formula is C57H74N4O7. The van der Waals surface area contributed by atoms with Crippen molar-refractivity contribution < 1.29 is 34.8 Å². The van der Waals surface area contributed by atoms with E-state index < -0.39 is 23.5 Å². The molecule has 11 nitrogen and oxygen atoms in total. The summed E-state index contributed by atoms with van der Waals surface area (Å²) in [4.78, 5) is 27.3. The third-order valence-electron chi connectivity index (χ3n) is 17.5. The summed E-state index contributed by atoms with van der Waals surface area (Å²) in [5, 5.41) is 59.3. The molecule has 3 saturated carbocycles. The van der Waals surface area contributed by atoms with Crippen LogP contribution in [0.4, 0.5) is 0 Å². The first-order valence-electron chi connectivity index (χ1n) is 25.8. The highest BCUT2D eigenvalue weighted by Gasteiger charge is 2.56. The molecule has 6 aliphatic rings. The fourth-order valence-electron chi connectivity index (χ4n) is 14.2. The molecule has 364 valence electrons. The standard InChI is InChI=1S/C57H74N4O7/c1-3-59-32-41-25-48-44-14-13-43(64)30-50(44)61-33-49(48)45(19-23-62)56(41)40-17-21-57(54(67)27-40)20-16-35(47-31-51(65)52(68-2)26-38(47)11-15-53(57)66)10-12-42(63)29-46(39-18-22-60-55(58)28-39)37-9-8-34-6-4-5-7-36(34)24-37/h4-9,18,24,26,28,31,35,40-42,44-46,48-50,54,56,59-63,65,67H,3,10-15,17,19,21-23,25,27,29-30,32-33,58H2,1-2H3/t35-,40+,41+,42-,44+,45+,46-,48+,49-,50-,54+,56-,57+/m0/s1. The lowest BCUT2D eigenvalue weighted by molar-refractivity contribution is -0.138. The highest BCUT2D eigenvalue weighted by molar-refractivity contribution is 5.89. The van der Waals surface area contributed by atoms with Crippen molar-refractivity contribution in [1.82, 2.24) is 16.0 Å². The number of aliphatic hydroxyl groups is 3. The van der Waals surface area contributed by atoms with Crippen molar-refractivity contribution in [1.29, 1.82) is 0 Å². The van der Waals surface area contributed by atoms with E-state index in [9.17, 15) is 30.0 Å². The van der Waals surface area contributed by atoms with E-state index in [0.29, 0.717) is 105 Å². The van der Waals surface area contributed by atoms with E-state index in [4.69, 9.17) is 10.5 Å². The van der Waals surface area contributed by atoms with Gasteiger partial charge in [-0.2, -0.15) is 0 Å². The molecule has 0 bridgehead atoms. The number of hydrogen-bond acceptors (Lipinski definition) is 11. The number of nitrogens with two attached hydrogens (primary N) is 1. The van der Waals surface area contributed by atoms with Gasteiger partial charge < -0.3 is 46.8 Å². The zero-order valence-corrected chi connectivity index (χ0v) is 40.1. The Morgan fingerprint density at radius 1 is 1.00 bits per heavy atom. The summed E-state index contributed by atoms with van der Waals surface area (Å²) in [6.07, 6.45) is 10.0. The maximum Gasteiger partial charge on any atom is 0.160 e. The summed E-state index contributed by atoms with van der Waals surface area (Å²) >= 11 is 0. The van der Waals surface area contributed by atoms with Crippen molar-refractivity contribution >= 4 is 22.3 Å². The molecule has 0 radical (unpaired) electrons. The van der Waals surface area contributed by atoms with E-state index in [1.54, 1.807) is 6.07 Å². The summed E-state index contributed by atoms with van der Waals surface area (Å²) in [6.45, 7) is 5.44. The average molecular weight is 927 g/mol. The topological polar surface area (TPSA) is 186 Å². The van der Waals surface area contributed by atoms with Gasteiger partial charge in [-0.25, -0.2) is 0 Å². The van der Waals surface area contributed by atoms with Gasteiger partial charge in [-0.3, -0.25) is 9.59 Å². The fourth-order valence-corrected chi connectivity index (χ4v) is 14.2. The molecule has 9 N–H and O–H groups in total. The second kappa shape index (κ2) is 21.1. The number of nitrogens with one attached hydrogen (secondary N) is 3. The Bertz CT molecular complexity index is 2440.